The van der Waals surface area contributed by atoms with Crippen LogP contribution in [-0.2, 0) is 0 Å². The Morgan fingerprint density at radius 1 is 1.21 bits per heavy atom. The molecular formula is C19H18N4O5S. The summed E-state index contributed by atoms with van der Waals surface area (Å²) in [7, 11) is 1.61. The van der Waals surface area contributed by atoms with Gasteiger partial charge in [0.2, 0.25) is 13.3 Å². The molecule has 1 aliphatic rings. The van der Waals surface area contributed by atoms with Gasteiger partial charge in [0.25, 0.3) is 0 Å². The van der Waals surface area contributed by atoms with Gasteiger partial charge in [0, 0.05) is 10.6 Å². The van der Waals surface area contributed by atoms with Gasteiger partial charge in [-0.1, -0.05) is 17.8 Å². The molecule has 150 valence electrons. The molecule has 1 aliphatic heterocycles. The summed E-state index contributed by atoms with van der Waals surface area (Å²) in [6.07, 6.45) is 0. The first kappa shape index (κ1) is 19.1. The predicted octanol–water partition coefficient (Wildman–Crippen LogP) is 3.42. The van der Waals surface area contributed by atoms with E-state index < -0.39 is 5.25 Å². The third kappa shape index (κ3) is 3.97. The molecule has 0 unspecified atom stereocenters. The molecular weight excluding hydrogens is 396 g/mol. The maximum atomic E-state index is 11.3. The molecule has 10 heteroatoms. The molecule has 3 aromatic rings. The van der Waals surface area contributed by atoms with Crippen LogP contribution in [0.5, 0.6) is 17.2 Å². The average Bonchev–Trinajstić information content (AvgIpc) is 3.33. The highest BCUT2D eigenvalue weighted by Gasteiger charge is 2.26. The summed E-state index contributed by atoms with van der Waals surface area (Å²) in [4.78, 5) is 11.0. The summed E-state index contributed by atoms with van der Waals surface area (Å²) in [5, 5.41) is 19.8. The molecule has 4 rings (SSSR count). The number of thioether (sulfide) groups is 1. The Labute approximate surface area is 170 Å². The first-order valence-electron chi connectivity index (χ1n) is 8.79. The number of ether oxygens (including phenoxy) is 3. The highest BCUT2D eigenvalue weighted by Crippen LogP contribution is 2.40. The van der Waals surface area contributed by atoms with Gasteiger partial charge in [0.15, 0.2) is 16.7 Å². The van der Waals surface area contributed by atoms with Crippen LogP contribution >= 0.6 is 11.8 Å². The lowest BCUT2D eigenvalue weighted by molar-refractivity contribution is -0.479. The second-order valence-electron chi connectivity index (χ2n) is 6.30. The van der Waals surface area contributed by atoms with Crippen molar-refractivity contribution in [2.45, 2.75) is 17.3 Å². The van der Waals surface area contributed by atoms with E-state index in [9.17, 15) is 10.1 Å². The van der Waals surface area contributed by atoms with Crippen LogP contribution in [0, 0.1) is 17.0 Å². The monoisotopic (exact) mass is 414 g/mol. The minimum absolute atomic E-state index is 0.150. The summed E-state index contributed by atoms with van der Waals surface area (Å²) < 4.78 is 17.8. The van der Waals surface area contributed by atoms with Crippen molar-refractivity contribution in [3.63, 3.8) is 0 Å². The van der Waals surface area contributed by atoms with Gasteiger partial charge in [0.05, 0.1) is 7.11 Å². The van der Waals surface area contributed by atoms with E-state index in [0.29, 0.717) is 22.5 Å². The van der Waals surface area contributed by atoms with Crippen LogP contribution in [0.15, 0.2) is 47.6 Å². The topological polar surface area (TPSA) is 102 Å². The van der Waals surface area contributed by atoms with E-state index in [0.717, 1.165) is 17.0 Å². The molecule has 0 bridgehead atoms. The van der Waals surface area contributed by atoms with Crippen LogP contribution in [0.25, 0.3) is 5.69 Å². The molecule has 29 heavy (non-hydrogen) atoms. The zero-order chi connectivity index (χ0) is 20.4. The van der Waals surface area contributed by atoms with Crippen molar-refractivity contribution in [3.8, 4) is 22.9 Å². The quantitative estimate of drug-likeness (QED) is 0.329. The molecule has 0 fully saturated rings. The van der Waals surface area contributed by atoms with Gasteiger partial charge in [-0.3, -0.25) is 14.7 Å². The molecule has 0 saturated carbocycles. The summed E-state index contributed by atoms with van der Waals surface area (Å²) in [5.41, 5.74) is 1.61. The largest absolute Gasteiger partial charge is 0.497 e. The number of hydrogen-bond donors (Lipinski definition) is 0. The van der Waals surface area contributed by atoms with Gasteiger partial charge >= 0.3 is 0 Å². The Kier molecular flexibility index (Phi) is 5.26. The van der Waals surface area contributed by atoms with E-state index >= 15 is 0 Å². The van der Waals surface area contributed by atoms with Crippen molar-refractivity contribution >= 4 is 11.8 Å². The minimum atomic E-state index is -0.472. The molecule has 1 aromatic heterocycles. The number of nitrogens with zero attached hydrogens (tertiary/aromatic N) is 4. The highest BCUT2D eigenvalue weighted by atomic mass is 32.2. The Hall–Kier alpha value is -3.27. The molecule has 0 radical (unpaired) electrons. The standard InChI is InChI=1S/C19H18N4O5S/c1-12-20-21-19(23(12)14-4-6-15(26-2)7-5-14)29-18(10-22(24)25)13-3-8-16-17(9-13)28-11-27-16/h3-9,18H,10-11H2,1-2H3/t18-/m1/s1. The van der Waals surface area contributed by atoms with Crippen molar-refractivity contribution < 1.29 is 19.1 Å². The first-order chi connectivity index (χ1) is 14.0. The number of fused-ring (bicyclic) bond motifs is 1. The van der Waals surface area contributed by atoms with Crippen molar-refractivity contribution in [1.29, 1.82) is 0 Å². The third-order valence-electron chi connectivity index (χ3n) is 4.46. The van der Waals surface area contributed by atoms with Crippen molar-refractivity contribution in [1.82, 2.24) is 14.8 Å². The lowest BCUT2D eigenvalue weighted by Gasteiger charge is -2.15. The molecule has 9 nitrogen and oxygen atoms in total. The number of rotatable bonds is 7. The number of nitro groups is 1. The van der Waals surface area contributed by atoms with E-state index in [1.165, 1.54) is 11.8 Å². The number of methoxy groups -OCH3 is 1. The van der Waals surface area contributed by atoms with E-state index in [-0.39, 0.29) is 18.3 Å². The lowest BCUT2D eigenvalue weighted by Crippen LogP contribution is -2.11. The van der Waals surface area contributed by atoms with E-state index in [2.05, 4.69) is 10.2 Å². The molecule has 2 heterocycles. The zero-order valence-corrected chi connectivity index (χ0v) is 16.6. The summed E-state index contributed by atoms with van der Waals surface area (Å²) in [6.45, 7) is 1.72. The first-order valence-corrected chi connectivity index (χ1v) is 9.67. The van der Waals surface area contributed by atoms with Gasteiger partial charge < -0.3 is 14.2 Å². The van der Waals surface area contributed by atoms with Gasteiger partial charge in [-0.2, -0.15) is 0 Å². The van der Waals surface area contributed by atoms with Crippen LogP contribution in [0.4, 0.5) is 0 Å². The van der Waals surface area contributed by atoms with Crippen molar-refractivity contribution in [3.05, 3.63) is 64.0 Å². The smallest absolute Gasteiger partial charge is 0.231 e. The maximum absolute atomic E-state index is 11.3. The van der Waals surface area contributed by atoms with Gasteiger partial charge in [-0.05, 0) is 48.9 Å². The van der Waals surface area contributed by atoms with Crippen molar-refractivity contribution in [2.24, 2.45) is 0 Å². The third-order valence-corrected chi connectivity index (χ3v) is 5.64. The Balaban J connectivity index is 1.67. The summed E-state index contributed by atoms with van der Waals surface area (Å²) in [5.74, 6) is 2.64. The molecule has 0 aliphatic carbocycles. The van der Waals surface area contributed by atoms with Crippen LogP contribution in [-0.4, -0.2) is 40.1 Å². The summed E-state index contributed by atoms with van der Waals surface area (Å²) in [6, 6.07) is 12.8. The van der Waals surface area contributed by atoms with Gasteiger partial charge in [0.1, 0.15) is 16.8 Å². The molecule has 2 aromatic carbocycles. The van der Waals surface area contributed by atoms with Gasteiger partial charge in [-0.25, -0.2) is 0 Å². The normalized spacial score (nSPS) is 13.3. The second-order valence-corrected chi connectivity index (χ2v) is 7.47. The molecule has 1 atom stereocenters. The fourth-order valence-corrected chi connectivity index (χ4v) is 4.20. The van der Waals surface area contributed by atoms with Crippen molar-refractivity contribution in [2.75, 3.05) is 20.4 Å². The number of aromatic nitrogens is 3. The van der Waals surface area contributed by atoms with Crippen LogP contribution in [0.1, 0.15) is 16.6 Å². The number of benzene rings is 2. The van der Waals surface area contributed by atoms with E-state index in [1.54, 1.807) is 19.2 Å². The van der Waals surface area contributed by atoms with Crippen LogP contribution in [0.3, 0.4) is 0 Å². The Bertz CT molecular complexity index is 1040. The number of aryl methyl sites for hydroxylation is 1. The van der Waals surface area contributed by atoms with Crippen LogP contribution in [0.2, 0.25) is 0 Å². The Morgan fingerprint density at radius 2 is 1.97 bits per heavy atom. The highest BCUT2D eigenvalue weighted by molar-refractivity contribution is 7.99. The maximum Gasteiger partial charge on any atom is 0.231 e. The van der Waals surface area contributed by atoms with E-state index in [1.807, 2.05) is 41.8 Å². The van der Waals surface area contributed by atoms with E-state index in [4.69, 9.17) is 14.2 Å². The summed E-state index contributed by atoms with van der Waals surface area (Å²) >= 11 is 1.29. The van der Waals surface area contributed by atoms with Crippen LogP contribution < -0.4 is 14.2 Å². The zero-order valence-electron chi connectivity index (χ0n) is 15.8. The second kappa shape index (κ2) is 8.00. The van der Waals surface area contributed by atoms with Gasteiger partial charge in [-0.15, -0.1) is 10.2 Å². The molecule has 0 N–H and O–H groups in total. The minimum Gasteiger partial charge on any atom is -0.497 e. The molecule has 0 amide bonds. The fraction of sp³-hybridized carbons (Fsp3) is 0.263. The fourth-order valence-electron chi connectivity index (χ4n) is 3.03. The molecule has 0 spiro atoms. The Morgan fingerprint density at radius 3 is 2.69 bits per heavy atom. The SMILES string of the molecule is COc1ccc(-n2c(C)nnc2S[C@H](C[N+](=O)[O-])c2ccc3c(c2)OCO3)cc1. The predicted molar refractivity (Wildman–Crippen MR) is 106 cm³/mol. The average molecular weight is 414 g/mol. The number of hydrogen-bond acceptors (Lipinski definition) is 8. The lowest BCUT2D eigenvalue weighted by atomic mass is 10.1. The molecule has 0 saturated heterocycles.